The summed E-state index contributed by atoms with van der Waals surface area (Å²) in [4.78, 5) is 13.6. The molecule has 0 spiro atoms. The van der Waals surface area contributed by atoms with Gasteiger partial charge in [-0.1, -0.05) is 19.1 Å². The van der Waals surface area contributed by atoms with Gasteiger partial charge in [0.15, 0.2) is 0 Å². The van der Waals surface area contributed by atoms with Crippen LogP contribution in [0.3, 0.4) is 0 Å². The van der Waals surface area contributed by atoms with Crippen molar-refractivity contribution in [2.24, 2.45) is 11.7 Å². The van der Waals surface area contributed by atoms with Gasteiger partial charge in [0.25, 0.3) is 0 Å². The Morgan fingerprint density at radius 2 is 2.50 bits per heavy atom. The molecule has 3 nitrogen and oxygen atoms in total. The van der Waals surface area contributed by atoms with Crippen molar-refractivity contribution < 1.29 is 4.79 Å². The van der Waals surface area contributed by atoms with Gasteiger partial charge in [-0.15, -0.1) is 0 Å². The highest BCUT2D eigenvalue weighted by molar-refractivity contribution is 7.80. The molecule has 0 aromatic heterocycles. The van der Waals surface area contributed by atoms with Crippen LogP contribution in [0.15, 0.2) is 0 Å². The first-order valence-corrected chi connectivity index (χ1v) is 4.59. The first kappa shape index (κ1) is 9.45. The molecule has 1 unspecified atom stereocenters. The largest absolute Gasteiger partial charge is 0.392 e. The Morgan fingerprint density at radius 1 is 1.83 bits per heavy atom. The summed E-state index contributed by atoms with van der Waals surface area (Å²) in [7, 11) is 0. The number of piperidine rings is 1. The number of thiocarbonyl (C=S) groups is 1. The molecule has 0 radical (unpaired) electrons. The number of hydrogen-bond donors (Lipinski definition) is 1. The maximum Gasteiger partial charge on any atom is 0.225 e. The average Bonchev–Trinajstić information content (AvgIpc) is 1.98. The molecule has 12 heavy (non-hydrogen) atoms. The standard InChI is InChI=1S/C8H14N2OS/c1-6-3-2-4-10(8(6)11)5-7(9)12/h6H,2-5H2,1H3,(H2,9,12). The van der Waals surface area contributed by atoms with Gasteiger partial charge in [0.2, 0.25) is 5.91 Å². The third-order valence-corrected chi connectivity index (χ3v) is 2.27. The van der Waals surface area contributed by atoms with Gasteiger partial charge in [0.05, 0.1) is 11.5 Å². The van der Waals surface area contributed by atoms with Crippen LogP contribution in [0, 0.1) is 5.92 Å². The predicted octanol–water partition coefficient (Wildman–Crippen LogP) is 0.531. The Bertz CT molecular complexity index is 205. The van der Waals surface area contributed by atoms with Crippen molar-refractivity contribution in [3.05, 3.63) is 0 Å². The molecule has 1 heterocycles. The number of likely N-dealkylation sites (tertiary alicyclic amines) is 1. The van der Waals surface area contributed by atoms with Crippen LogP contribution in [0.2, 0.25) is 0 Å². The van der Waals surface area contributed by atoms with Crippen LogP contribution in [-0.2, 0) is 4.79 Å². The zero-order valence-electron chi connectivity index (χ0n) is 7.25. The van der Waals surface area contributed by atoms with Gasteiger partial charge in [0.1, 0.15) is 0 Å². The van der Waals surface area contributed by atoms with Gasteiger partial charge in [0, 0.05) is 12.5 Å². The smallest absolute Gasteiger partial charge is 0.225 e. The molecule has 2 N–H and O–H groups in total. The lowest BCUT2D eigenvalue weighted by Gasteiger charge is -2.30. The molecule has 1 aliphatic rings. The molecule has 0 aromatic rings. The van der Waals surface area contributed by atoms with Crippen molar-refractivity contribution in [3.8, 4) is 0 Å². The zero-order valence-corrected chi connectivity index (χ0v) is 8.06. The summed E-state index contributed by atoms with van der Waals surface area (Å²) in [5.41, 5.74) is 5.37. The summed E-state index contributed by atoms with van der Waals surface area (Å²) in [6, 6.07) is 0. The quantitative estimate of drug-likeness (QED) is 0.640. The van der Waals surface area contributed by atoms with Gasteiger partial charge in [-0.05, 0) is 12.8 Å². The number of hydrogen-bond acceptors (Lipinski definition) is 2. The van der Waals surface area contributed by atoms with Crippen LogP contribution < -0.4 is 5.73 Å². The minimum Gasteiger partial charge on any atom is -0.392 e. The van der Waals surface area contributed by atoms with E-state index in [-0.39, 0.29) is 11.8 Å². The summed E-state index contributed by atoms with van der Waals surface area (Å²) < 4.78 is 0. The highest BCUT2D eigenvalue weighted by Crippen LogP contribution is 2.16. The van der Waals surface area contributed by atoms with E-state index in [0.717, 1.165) is 19.4 Å². The molecule has 1 rings (SSSR count). The zero-order chi connectivity index (χ0) is 9.14. The van der Waals surface area contributed by atoms with Crippen molar-refractivity contribution in [3.63, 3.8) is 0 Å². The van der Waals surface area contributed by atoms with Crippen molar-refractivity contribution in [2.45, 2.75) is 19.8 Å². The van der Waals surface area contributed by atoms with E-state index in [1.165, 1.54) is 0 Å². The number of carbonyl (C=O) groups is 1. The monoisotopic (exact) mass is 186 g/mol. The van der Waals surface area contributed by atoms with E-state index in [0.29, 0.717) is 11.5 Å². The number of amides is 1. The lowest BCUT2D eigenvalue weighted by Crippen LogP contribution is -2.44. The van der Waals surface area contributed by atoms with Crippen LogP contribution in [0.5, 0.6) is 0 Å². The molecule has 4 heteroatoms. The number of rotatable bonds is 2. The van der Waals surface area contributed by atoms with Crippen LogP contribution in [0.1, 0.15) is 19.8 Å². The van der Waals surface area contributed by atoms with Gasteiger partial charge in [-0.25, -0.2) is 0 Å². The number of nitrogens with two attached hydrogens (primary N) is 1. The van der Waals surface area contributed by atoms with Crippen LogP contribution >= 0.6 is 12.2 Å². The topological polar surface area (TPSA) is 46.3 Å². The van der Waals surface area contributed by atoms with Gasteiger partial charge >= 0.3 is 0 Å². The lowest BCUT2D eigenvalue weighted by atomic mass is 9.99. The Hall–Kier alpha value is -0.640. The maximum atomic E-state index is 11.5. The normalized spacial score (nSPS) is 24.2. The van der Waals surface area contributed by atoms with E-state index in [2.05, 4.69) is 0 Å². The summed E-state index contributed by atoms with van der Waals surface area (Å²) in [5, 5.41) is 0. The summed E-state index contributed by atoms with van der Waals surface area (Å²) >= 11 is 4.75. The van der Waals surface area contributed by atoms with Crippen molar-refractivity contribution in [2.75, 3.05) is 13.1 Å². The highest BCUT2D eigenvalue weighted by atomic mass is 32.1. The summed E-state index contributed by atoms with van der Waals surface area (Å²) in [5.74, 6) is 0.335. The second-order valence-electron chi connectivity index (χ2n) is 3.27. The molecular formula is C8H14N2OS. The van der Waals surface area contributed by atoms with Gasteiger partial charge < -0.3 is 10.6 Å². The first-order chi connectivity index (χ1) is 5.61. The van der Waals surface area contributed by atoms with E-state index in [1.54, 1.807) is 4.90 Å². The number of carbonyl (C=O) groups excluding carboxylic acids is 1. The number of nitrogens with zero attached hydrogens (tertiary/aromatic N) is 1. The molecule has 1 atom stereocenters. The molecule has 1 aliphatic heterocycles. The Labute approximate surface area is 77.9 Å². The Morgan fingerprint density at radius 3 is 3.08 bits per heavy atom. The van der Waals surface area contributed by atoms with Crippen molar-refractivity contribution in [1.29, 1.82) is 0 Å². The molecular weight excluding hydrogens is 172 g/mol. The molecule has 1 fully saturated rings. The molecule has 68 valence electrons. The second kappa shape index (κ2) is 3.85. The Balaban J connectivity index is 2.52. The first-order valence-electron chi connectivity index (χ1n) is 4.18. The molecule has 0 aromatic carbocycles. The SMILES string of the molecule is CC1CCCN(CC(N)=S)C1=O. The fourth-order valence-electron chi connectivity index (χ4n) is 1.48. The maximum absolute atomic E-state index is 11.5. The Kier molecular flexibility index (Phi) is 3.03. The van der Waals surface area contributed by atoms with Gasteiger partial charge in [-0.2, -0.15) is 0 Å². The average molecular weight is 186 g/mol. The highest BCUT2D eigenvalue weighted by Gasteiger charge is 2.24. The lowest BCUT2D eigenvalue weighted by molar-refractivity contribution is -0.136. The van der Waals surface area contributed by atoms with E-state index in [4.69, 9.17) is 18.0 Å². The molecule has 0 saturated carbocycles. The fourth-order valence-corrected chi connectivity index (χ4v) is 1.63. The van der Waals surface area contributed by atoms with Crippen LogP contribution in [-0.4, -0.2) is 28.9 Å². The van der Waals surface area contributed by atoms with E-state index >= 15 is 0 Å². The predicted molar refractivity (Wildman–Crippen MR) is 51.8 cm³/mol. The minimum atomic E-state index is 0.146. The van der Waals surface area contributed by atoms with E-state index in [9.17, 15) is 4.79 Å². The fraction of sp³-hybridized carbons (Fsp3) is 0.750. The van der Waals surface area contributed by atoms with E-state index < -0.39 is 0 Å². The molecule has 0 bridgehead atoms. The molecule has 0 aliphatic carbocycles. The molecule has 1 amide bonds. The van der Waals surface area contributed by atoms with Crippen molar-refractivity contribution >= 4 is 23.1 Å². The second-order valence-corrected chi connectivity index (χ2v) is 3.79. The van der Waals surface area contributed by atoms with E-state index in [1.807, 2.05) is 6.92 Å². The molecule has 1 saturated heterocycles. The minimum absolute atomic E-state index is 0.146. The third-order valence-electron chi connectivity index (χ3n) is 2.15. The van der Waals surface area contributed by atoms with Gasteiger partial charge in [-0.3, -0.25) is 4.79 Å². The van der Waals surface area contributed by atoms with Crippen LogP contribution in [0.25, 0.3) is 0 Å². The van der Waals surface area contributed by atoms with Crippen LogP contribution in [0.4, 0.5) is 0 Å². The van der Waals surface area contributed by atoms with Crippen molar-refractivity contribution in [1.82, 2.24) is 4.90 Å². The summed E-state index contributed by atoms with van der Waals surface area (Å²) in [6.07, 6.45) is 2.06. The summed E-state index contributed by atoms with van der Waals surface area (Å²) in [6.45, 7) is 3.20. The third kappa shape index (κ3) is 2.17.